The zero-order valence-electron chi connectivity index (χ0n) is 8.35. The fourth-order valence-electron chi connectivity index (χ4n) is 1.13. The van der Waals surface area contributed by atoms with Crippen molar-refractivity contribution in [3.05, 3.63) is 29.3 Å². The van der Waals surface area contributed by atoms with Crippen LogP contribution in [0.5, 0.6) is 0 Å². The van der Waals surface area contributed by atoms with Crippen molar-refractivity contribution in [3.8, 4) is 0 Å². The molecule has 1 N–H and O–H groups in total. The van der Waals surface area contributed by atoms with Gasteiger partial charge in [0.05, 0.1) is 0 Å². The van der Waals surface area contributed by atoms with Gasteiger partial charge in [0.25, 0.3) is 0 Å². The predicted octanol–water partition coefficient (Wildman–Crippen LogP) is 2.65. The zero-order valence-corrected chi connectivity index (χ0v) is 8.35. The summed E-state index contributed by atoms with van der Waals surface area (Å²) < 4.78 is 0. The standard InChI is InChI=1S/C11H15NO/c1-4-11(13)12-10-7-5-6-8(2)9(10)3/h5-7H,4H2,1-3H3,(H,12,13). The van der Waals surface area contributed by atoms with Gasteiger partial charge >= 0.3 is 0 Å². The van der Waals surface area contributed by atoms with E-state index in [1.54, 1.807) is 0 Å². The number of anilines is 1. The second-order valence-electron chi connectivity index (χ2n) is 3.15. The summed E-state index contributed by atoms with van der Waals surface area (Å²) in [5.74, 6) is 0.0636. The Morgan fingerprint density at radius 1 is 1.38 bits per heavy atom. The average Bonchev–Trinajstić information content (AvgIpc) is 2.13. The lowest BCUT2D eigenvalue weighted by molar-refractivity contribution is -0.115. The van der Waals surface area contributed by atoms with Crippen LogP contribution in [0.25, 0.3) is 0 Å². The van der Waals surface area contributed by atoms with Crippen LogP contribution < -0.4 is 5.32 Å². The SMILES string of the molecule is CCC(=O)Nc1cccc(C)c1C. The molecule has 2 nitrogen and oxygen atoms in total. The van der Waals surface area contributed by atoms with E-state index in [0.29, 0.717) is 6.42 Å². The number of hydrogen-bond donors (Lipinski definition) is 1. The smallest absolute Gasteiger partial charge is 0.224 e. The highest BCUT2D eigenvalue weighted by molar-refractivity contribution is 5.91. The number of amides is 1. The molecule has 0 saturated heterocycles. The van der Waals surface area contributed by atoms with Crippen molar-refractivity contribution in [3.63, 3.8) is 0 Å². The maximum Gasteiger partial charge on any atom is 0.224 e. The van der Waals surface area contributed by atoms with Crippen LogP contribution in [0.4, 0.5) is 5.69 Å². The first-order valence-corrected chi connectivity index (χ1v) is 4.51. The van der Waals surface area contributed by atoms with Gasteiger partial charge in [-0.15, -0.1) is 0 Å². The molecule has 2 heteroatoms. The number of carbonyl (C=O) groups is 1. The Labute approximate surface area is 79.0 Å². The molecule has 0 aliphatic rings. The Hall–Kier alpha value is -1.31. The largest absolute Gasteiger partial charge is 0.326 e. The van der Waals surface area contributed by atoms with Crippen molar-refractivity contribution in [2.24, 2.45) is 0 Å². The van der Waals surface area contributed by atoms with Crippen LogP contribution in [0.3, 0.4) is 0 Å². The van der Waals surface area contributed by atoms with Crippen LogP contribution in [-0.2, 0) is 4.79 Å². The molecular formula is C11H15NO. The summed E-state index contributed by atoms with van der Waals surface area (Å²) in [7, 11) is 0. The Morgan fingerprint density at radius 2 is 2.08 bits per heavy atom. The third-order valence-corrected chi connectivity index (χ3v) is 2.20. The number of benzene rings is 1. The van der Waals surface area contributed by atoms with Gasteiger partial charge in [0.1, 0.15) is 0 Å². The molecule has 0 aliphatic carbocycles. The molecule has 0 saturated carbocycles. The first kappa shape index (κ1) is 9.78. The average molecular weight is 177 g/mol. The third kappa shape index (κ3) is 2.31. The summed E-state index contributed by atoms with van der Waals surface area (Å²) in [6.07, 6.45) is 0.521. The normalized spacial score (nSPS) is 9.77. The maximum absolute atomic E-state index is 11.1. The number of carbonyl (C=O) groups excluding carboxylic acids is 1. The monoisotopic (exact) mass is 177 g/mol. The van der Waals surface area contributed by atoms with Crippen molar-refractivity contribution >= 4 is 11.6 Å². The summed E-state index contributed by atoms with van der Waals surface area (Å²) >= 11 is 0. The van der Waals surface area contributed by atoms with Crippen molar-refractivity contribution in [2.45, 2.75) is 27.2 Å². The van der Waals surface area contributed by atoms with Crippen molar-refractivity contribution < 1.29 is 4.79 Å². The van der Waals surface area contributed by atoms with Crippen LogP contribution >= 0.6 is 0 Å². The van der Waals surface area contributed by atoms with Crippen LogP contribution in [-0.4, -0.2) is 5.91 Å². The quantitative estimate of drug-likeness (QED) is 0.739. The third-order valence-electron chi connectivity index (χ3n) is 2.20. The Kier molecular flexibility index (Phi) is 3.07. The van der Waals surface area contributed by atoms with E-state index in [2.05, 4.69) is 5.32 Å². The molecule has 0 spiro atoms. The van der Waals surface area contributed by atoms with E-state index in [9.17, 15) is 4.79 Å². The molecule has 0 atom stereocenters. The van der Waals surface area contributed by atoms with Crippen LogP contribution in [0.2, 0.25) is 0 Å². The molecule has 0 radical (unpaired) electrons. The van der Waals surface area contributed by atoms with E-state index >= 15 is 0 Å². The van der Waals surface area contributed by atoms with Crippen molar-refractivity contribution in [1.82, 2.24) is 0 Å². The van der Waals surface area contributed by atoms with E-state index in [-0.39, 0.29) is 5.91 Å². The molecule has 0 bridgehead atoms. The van der Waals surface area contributed by atoms with Crippen LogP contribution in [0.15, 0.2) is 18.2 Å². The first-order valence-electron chi connectivity index (χ1n) is 4.51. The molecule has 0 fully saturated rings. The first-order chi connectivity index (χ1) is 6.15. The minimum Gasteiger partial charge on any atom is -0.326 e. The fraction of sp³-hybridized carbons (Fsp3) is 0.364. The molecule has 13 heavy (non-hydrogen) atoms. The highest BCUT2D eigenvalue weighted by Crippen LogP contribution is 2.17. The lowest BCUT2D eigenvalue weighted by Gasteiger charge is -2.08. The van der Waals surface area contributed by atoms with Gasteiger partial charge in [0.2, 0.25) is 5.91 Å². The van der Waals surface area contributed by atoms with Crippen molar-refractivity contribution in [2.75, 3.05) is 5.32 Å². The molecular weight excluding hydrogens is 162 g/mol. The molecule has 1 rings (SSSR count). The van der Waals surface area contributed by atoms with Crippen LogP contribution in [0, 0.1) is 13.8 Å². The van der Waals surface area contributed by atoms with E-state index in [1.165, 1.54) is 5.56 Å². The number of rotatable bonds is 2. The second-order valence-corrected chi connectivity index (χ2v) is 3.15. The molecule has 1 aromatic rings. The van der Waals surface area contributed by atoms with Crippen LogP contribution in [0.1, 0.15) is 24.5 Å². The van der Waals surface area contributed by atoms with Crippen molar-refractivity contribution in [1.29, 1.82) is 0 Å². The van der Waals surface area contributed by atoms with Gasteiger partial charge in [-0.25, -0.2) is 0 Å². The summed E-state index contributed by atoms with van der Waals surface area (Å²) in [5, 5.41) is 2.86. The highest BCUT2D eigenvalue weighted by Gasteiger charge is 2.02. The molecule has 0 aliphatic heterocycles. The highest BCUT2D eigenvalue weighted by atomic mass is 16.1. The minimum absolute atomic E-state index is 0.0636. The zero-order chi connectivity index (χ0) is 9.84. The number of aryl methyl sites for hydroxylation is 1. The molecule has 0 aromatic heterocycles. The fourth-order valence-corrected chi connectivity index (χ4v) is 1.13. The van der Waals surface area contributed by atoms with Gasteiger partial charge in [-0.3, -0.25) is 4.79 Å². The molecule has 70 valence electrons. The van der Waals surface area contributed by atoms with E-state index < -0.39 is 0 Å². The summed E-state index contributed by atoms with van der Waals surface area (Å²) in [6.45, 7) is 5.90. The molecule has 1 aromatic carbocycles. The minimum atomic E-state index is 0.0636. The van der Waals surface area contributed by atoms with E-state index in [4.69, 9.17) is 0 Å². The summed E-state index contributed by atoms with van der Waals surface area (Å²) in [4.78, 5) is 11.1. The molecule has 0 heterocycles. The Balaban J connectivity index is 2.89. The van der Waals surface area contributed by atoms with Gasteiger partial charge in [0, 0.05) is 12.1 Å². The number of hydrogen-bond acceptors (Lipinski definition) is 1. The summed E-state index contributed by atoms with van der Waals surface area (Å²) in [5.41, 5.74) is 3.27. The Morgan fingerprint density at radius 3 is 2.69 bits per heavy atom. The topological polar surface area (TPSA) is 29.1 Å². The van der Waals surface area contributed by atoms with Gasteiger partial charge < -0.3 is 5.32 Å². The lowest BCUT2D eigenvalue weighted by Crippen LogP contribution is -2.10. The number of nitrogens with one attached hydrogen (secondary N) is 1. The molecule has 1 amide bonds. The van der Waals surface area contributed by atoms with E-state index in [1.807, 2.05) is 39.0 Å². The Bertz CT molecular complexity index is 318. The summed E-state index contributed by atoms with van der Waals surface area (Å²) in [6, 6.07) is 5.92. The predicted molar refractivity (Wildman–Crippen MR) is 54.8 cm³/mol. The van der Waals surface area contributed by atoms with Gasteiger partial charge in [0.15, 0.2) is 0 Å². The van der Waals surface area contributed by atoms with E-state index in [0.717, 1.165) is 11.3 Å². The van der Waals surface area contributed by atoms with Gasteiger partial charge in [-0.05, 0) is 31.0 Å². The van der Waals surface area contributed by atoms with Gasteiger partial charge in [-0.1, -0.05) is 19.1 Å². The lowest BCUT2D eigenvalue weighted by atomic mass is 10.1. The maximum atomic E-state index is 11.1. The molecule has 0 unspecified atom stereocenters. The second kappa shape index (κ2) is 4.08. The van der Waals surface area contributed by atoms with Gasteiger partial charge in [-0.2, -0.15) is 0 Å².